The van der Waals surface area contributed by atoms with Gasteiger partial charge in [-0.05, 0) is 68.6 Å². The summed E-state index contributed by atoms with van der Waals surface area (Å²) in [5.74, 6) is 0.744. The van der Waals surface area contributed by atoms with Gasteiger partial charge in [0, 0.05) is 31.4 Å². The SMILES string of the molecule is Cc1cc2nc(n1)NCCCCC1CN(CCC13CC3)c1cc(NS(=O)(=O)CCO)ccc1C(=O)N2. The molecule has 1 amide bonds. The minimum absolute atomic E-state index is 0.308. The van der Waals surface area contributed by atoms with E-state index in [4.69, 9.17) is 5.11 Å². The quantitative estimate of drug-likeness (QED) is 0.489. The van der Waals surface area contributed by atoms with Crippen LogP contribution in [0.25, 0.3) is 0 Å². The number of anilines is 4. The molecular formula is C25H34N6O4S. The number of nitrogens with zero attached hydrogens (tertiary/aromatic N) is 3. The van der Waals surface area contributed by atoms with Gasteiger partial charge in [0.1, 0.15) is 5.82 Å². The third-order valence-corrected chi connectivity index (χ3v) is 8.92. The number of aliphatic hydroxyl groups excluding tert-OH is 1. The van der Waals surface area contributed by atoms with Gasteiger partial charge in [-0.3, -0.25) is 9.52 Å². The summed E-state index contributed by atoms with van der Waals surface area (Å²) in [4.78, 5) is 24.6. The molecule has 3 aliphatic rings. The maximum Gasteiger partial charge on any atom is 0.258 e. The Morgan fingerprint density at radius 1 is 1.19 bits per heavy atom. The van der Waals surface area contributed by atoms with Crippen LogP contribution in [0.1, 0.15) is 54.6 Å². The Hall–Kier alpha value is -2.92. The van der Waals surface area contributed by atoms with E-state index in [0.717, 1.165) is 51.0 Å². The van der Waals surface area contributed by atoms with E-state index in [1.807, 2.05) is 6.92 Å². The molecule has 36 heavy (non-hydrogen) atoms. The number of sulfonamides is 1. The number of carbonyl (C=O) groups is 1. The zero-order valence-electron chi connectivity index (χ0n) is 20.6. The number of hydrogen-bond donors (Lipinski definition) is 4. The molecule has 0 radical (unpaired) electrons. The van der Waals surface area contributed by atoms with Crippen molar-refractivity contribution in [3.05, 3.63) is 35.5 Å². The van der Waals surface area contributed by atoms with E-state index in [1.54, 1.807) is 24.3 Å². The highest BCUT2D eigenvalue weighted by atomic mass is 32.2. The van der Waals surface area contributed by atoms with Crippen LogP contribution in [-0.4, -0.2) is 61.4 Å². The summed E-state index contributed by atoms with van der Waals surface area (Å²) in [5.41, 5.74) is 2.70. The van der Waals surface area contributed by atoms with Crippen molar-refractivity contribution in [2.24, 2.45) is 11.3 Å². The summed E-state index contributed by atoms with van der Waals surface area (Å²) >= 11 is 0. The summed E-state index contributed by atoms with van der Waals surface area (Å²) < 4.78 is 27.1. The van der Waals surface area contributed by atoms with Crippen molar-refractivity contribution in [2.45, 2.75) is 45.4 Å². The molecule has 2 aliphatic heterocycles. The van der Waals surface area contributed by atoms with Crippen LogP contribution in [0.15, 0.2) is 24.3 Å². The molecule has 1 aliphatic carbocycles. The molecule has 4 N–H and O–H groups in total. The summed E-state index contributed by atoms with van der Waals surface area (Å²) in [6, 6.07) is 6.71. The molecule has 1 spiro atoms. The molecule has 4 bridgehead atoms. The van der Waals surface area contributed by atoms with Crippen LogP contribution in [0.5, 0.6) is 0 Å². The van der Waals surface area contributed by atoms with E-state index in [2.05, 4.69) is 30.2 Å². The Labute approximate surface area is 212 Å². The number of carbonyl (C=O) groups excluding carboxylic acids is 1. The van der Waals surface area contributed by atoms with Crippen molar-refractivity contribution in [3.8, 4) is 0 Å². The van der Waals surface area contributed by atoms with Gasteiger partial charge in [-0.2, -0.15) is 4.98 Å². The van der Waals surface area contributed by atoms with E-state index in [9.17, 15) is 13.2 Å². The standard InChI is InChI=1S/C25H34N6O4S/c1-17-14-22-28-23(33)20-6-5-19(30-36(34,35)13-12-32)15-21(20)31-11-9-25(7-8-25)18(16-31)4-2-3-10-26-24(27-17)29-22/h5-6,14-15,18,30,32H,2-4,7-13,16H2,1H3,(H2,26,27,28,29,33). The molecule has 11 heteroatoms. The highest BCUT2D eigenvalue weighted by Crippen LogP contribution is 2.58. The lowest BCUT2D eigenvalue weighted by Crippen LogP contribution is -2.42. The van der Waals surface area contributed by atoms with Gasteiger partial charge in [0.2, 0.25) is 16.0 Å². The number of aryl methyl sites for hydroxylation is 1. The number of rotatable bonds is 4. The Kier molecular flexibility index (Phi) is 6.78. The van der Waals surface area contributed by atoms with Crippen molar-refractivity contribution in [2.75, 3.05) is 52.2 Å². The van der Waals surface area contributed by atoms with Crippen LogP contribution in [-0.2, 0) is 10.0 Å². The molecule has 2 aromatic rings. The summed E-state index contributed by atoms with van der Waals surface area (Å²) in [5, 5.41) is 15.3. The van der Waals surface area contributed by atoms with Crippen molar-refractivity contribution in [1.29, 1.82) is 0 Å². The number of aliphatic hydroxyl groups is 1. The van der Waals surface area contributed by atoms with E-state index < -0.39 is 16.6 Å². The topological polar surface area (TPSA) is 137 Å². The molecule has 3 heterocycles. The van der Waals surface area contributed by atoms with Crippen LogP contribution < -0.4 is 20.3 Å². The minimum Gasteiger partial charge on any atom is -0.395 e. The van der Waals surface area contributed by atoms with E-state index in [1.165, 1.54) is 12.8 Å². The Morgan fingerprint density at radius 3 is 2.81 bits per heavy atom. The van der Waals surface area contributed by atoms with Crippen molar-refractivity contribution in [3.63, 3.8) is 0 Å². The van der Waals surface area contributed by atoms with Crippen molar-refractivity contribution >= 4 is 39.1 Å². The van der Waals surface area contributed by atoms with Gasteiger partial charge in [0.15, 0.2) is 0 Å². The molecule has 1 aromatic carbocycles. The monoisotopic (exact) mass is 514 g/mol. The summed E-state index contributed by atoms with van der Waals surface area (Å²) in [6.07, 6.45) is 6.81. The van der Waals surface area contributed by atoms with Gasteiger partial charge in [-0.25, -0.2) is 13.4 Å². The summed E-state index contributed by atoms with van der Waals surface area (Å²) in [6.45, 7) is 3.83. The second-order valence-corrected chi connectivity index (χ2v) is 12.1. The molecule has 1 saturated heterocycles. The third kappa shape index (κ3) is 5.41. The first kappa shape index (κ1) is 24.8. The third-order valence-electron chi connectivity index (χ3n) is 7.65. The predicted octanol–water partition coefficient (Wildman–Crippen LogP) is 2.97. The second kappa shape index (κ2) is 9.85. The van der Waals surface area contributed by atoms with E-state index in [-0.39, 0.29) is 11.7 Å². The van der Waals surface area contributed by atoms with Gasteiger partial charge < -0.3 is 20.6 Å². The Balaban J connectivity index is 1.52. The lowest BCUT2D eigenvalue weighted by molar-refractivity contribution is 0.102. The number of piperidine rings is 1. The first-order chi connectivity index (χ1) is 17.3. The first-order valence-electron chi connectivity index (χ1n) is 12.7. The molecule has 1 aromatic heterocycles. The van der Waals surface area contributed by atoms with E-state index >= 15 is 0 Å². The molecule has 10 nitrogen and oxygen atoms in total. The highest BCUT2D eigenvalue weighted by molar-refractivity contribution is 7.92. The van der Waals surface area contributed by atoms with Crippen molar-refractivity contribution < 1.29 is 18.3 Å². The second-order valence-electron chi connectivity index (χ2n) is 10.2. The number of aromatic nitrogens is 2. The van der Waals surface area contributed by atoms with Gasteiger partial charge in [-0.1, -0.05) is 6.42 Å². The highest BCUT2D eigenvalue weighted by Gasteiger charge is 2.51. The van der Waals surface area contributed by atoms with Crippen molar-refractivity contribution in [1.82, 2.24) is 9.97 Å². The molecule has 1 saturated carbocycles. The molecule has 2 fully saturated rings. The van der Waals surface area contributed by atoms with Crippen LogP contribution in [0, 0.1) is 18.3 Å². The smallest absolute Gasteiger partial charge is 0.258 e. The normalized spacial score (nSPS) is 21.4. The Bertz CT molecular complexity index is 1250. The molecular weight excluding hydrogens is 480 g/mol. The number of fused-ring (bicyclic) bond motifs is 7. The number of amides is 1. The lowest BCUT2D eigenvalue weighted by atomic mass is 9.79. The molecule has 1 unspecified atom stereocenters. The zero-order chi connectivity index (χ0) is 25.3. The zero-order valence-corrected chi connectivity index (χ0v) is 21.4. The van der Waals surface area contributed by atoms with Crippen LogP contribution in [0.2, 0.25) is 0 Å². The maximum absolute atomic E-state index is 13.5. The van der Waals surface area contributed by atoms with E-state index in [0.29, 0.717) is 40.0 Å². The fourth-order valence-corrected chi connectivity index (χ4v) is 6.39. The van der Waals surface area contributed by atoms with Gasteiger partial charge in [-0.15, -0.1) is 0 Å². The maximum atomic E-state index is 13.5. The fraction of sp³-hybridized carbons (Fsp3) is 0.560. The average Bonchev–Trinajstić information content (AvgIpc) is 3.59. The lowest BCUT2D eigenvalue weighted by Gasteiger charge is -2.41. The number of benzene rings is 1. The average molecular weight is 515 g/mol. The first-order valence-corrected chi connectivity index (χ1v) is 14.3. The molecule has 1 atom stereocenters. The molecule has 5 rings (SSSR count). The summed E-state index contributed by atoms with van der Waals surface area (Å²) in [7, 11) is -3.69. The Morgan fingerprint density at radius 2 is 2.03 bits per heavy atom. The minimum atomic E-state index is -3.69. The van der Waals surface area contributed by atoms with Crippen LogP contribution in [0.4, 0.5) is 23.1 Å². The largest absolute Gasteiger partial charge is 0.395 e. The van der Waals surface area contributed by atoms with Crippen LogP contribution in [0.3, 0.4) is 0 Å². The fourth-order valence-electron chi connectivity index (χ4n) is 5.56. The van der Waals surface area contributed by atoms with Crippen LogP contribution >= 0.6 is 0 Å². The van der Waals surface area contributed by atoms with Gasteiger partial charge in [0.05, 0.1) is 29.3 Å². The predicted molar refractivity (Wildman–Crippen MR) is 140 cm³/mol. The van der Waals surface area contributed by atoms with Gasteiger partial charge >= 0.3 is 0 Å². The van der Waals surface area contributed by atoms with Gasteiger partial charge in [0.25, 0.3) is 5.91 Å². The number of hydrogen-bond acceptors (Lipinski definition) is 8. The number of nitrogens with one attached hydrogen (secondary N) is 3. The molecule has 194 valence electrons.